The zero-order chi connectivity index (χ0) is 12.0. The lowest BCUT2D eigenvalue weighted by Crippen LogP contribution is -2.40. The van der Waals surface area contributed by atoms with Gasteiger partial charge in [0, 0.05) is 20.1 Å². The fraction of sp³-hybridized carbons (Fsp3) is 0.700. The number of likely N-dealkylation sites (tertiary alicyclic amines) is 2. The molecule has 6 heteroatoms. The molecule has 3 atom stereocenters. The largest absolute Gasteiger partial charge is 0.480 e. The minimum atomic E-state index is -0.923. The number of fused-ring (bicyclic) bond motifs is 1. The first-order valence-corrected chi connectivity index (χ1v) is 5.21. The van der Waals surface area contributed by atoms with E-state index in [1.54, 1.807) is 11.8 Å². The van der Waals surface area contributed by atoms with Crippen molar-refractivity contribution in [1.29, 1.82) is 0 Å². The number of amides is 2. The van der Waals surface area contributed by atoms with Crippen LogP contribution in [0, 0.1) is 11.8 Å². The third-order valence-corrected chi connectivity index (χ3v) is 3.55. The number of carbonyl (C=O) groups excluding carboxylic acids is 2. The number of rotatable bonds is 2. The van der Waals surface area contributed by atoms with E-state index in [0.717, 1.165) is 4.90 Å². The highest BCUT2D eigenvalue weighted by atomic mass is 16.4. The predicted octanol–water partition coefficient (Wildman–Crippen LogP) is -0.994. The Kier molecular flexibility index (Phi) is 2.46. The van der Waals surface area contributed by atoms with Crippen LogP contribution in [0.15, 0.2) is 0 Å². The molecule has 1 N–H and O–H groups in total. The van der Waals surface area contributed by atoms with Gasteiger partial charge in [-0.3, -0.25) is 24.2 Å². The smallest absolute Gasteiger partial charge is 0.320 e. The molecule has 2 amide bonds. The maximum atomic E-state index is 11.7. The zero-order valence-electron chi connectivity index (χ0n) is 9.21. The highest BCUT2D eigenvalue weighted by Gasteiger charge is 2.52. The maximum absolute atomic E-state index is 11.7. The first-order chi connectivity index (χ1) is 7.43. The molecular formula is C10H14N2O4. The summed E-state index contributed by atoms with van der Waals surface area (Å²) >= 11 is 0. The first-order valence-electron chi connectivity index (χ1n) is 5.21. The van der Waals surface area contributed by atoms with E-state index >= 15 is 0 Å². The lowest BCUT2D eigenvalue weighted by molar-refractivity contribution is -0.144. The first kappa shape index (κ1) is 11.1. The molecule has 16 heavy (non-hydrogen) atoms. The van der Waals surface area contributed by atoms with E-state index in [9.17, 15) is 14.4 Å². The monoisotopic (exact) mass is 226 g/mol. The van der Waals surface area contributed by atoms with Gasteiger partial charge in [-0.15, -0.1) is 0 Å². The van der Waals surface area contributed by atoms with Crippen molar-refractivity contribution < 1.29 is 19.5 Å². The van der Waals surface area contributed by atoms with Crippen molar-refractivity contribution in [3.05, 3.63) is 0 Å². The van der Waals surface area contributed by atoms with Crippen molar-refractivity contribution in [2.45, 2.75) is 13.0 Å². The van der Waals surface area contributed by atoms with Crippen LogP contribution in [-0.4, -0.2) is 58.9 Å². The number of nitrogens with zero attached hydrogens (tertiary/aromatic N) is 2. The molecule has 2 aliphatic heterocycles. The molecule has 88 valence electrons. The van der Waals surface area contributed by atoms with Gasteiger partial charge in [-0.05, 0) is 6.92 Å². The number of hydrogen-bond donors (Lipinski definition) is 1. The van der Waals surface area contributed by atoms with E-state index in [0.29, 0.717) is 13.1 Å². The molecule has 6 nitrogen and oxygen atoms in total. The van der Waals surface area contributed by atoms with Crippen LogP contribution in [0.4, 0.5) is 0 Å². The van der Waals surface area contributed by atoms with E-state index in [2.05, 4.69) is 0 Å². The maximum Gasteiger partial charge on any atom is 0.320 e. The van der Waals surface area contributed by atoms with Crippen molar-refractivity contribution >= 4 is 17.8 Å². The second-order valence-corrected chi connectivity index (χ2v) is 4.42. The Labute approximate surface area is 92.8 Å². The molecular weight excluding hydrogens is 212 g/mol. The summed E-state index contributed by atoms with van der Waals surface area (Å²) in [6, 6.07) is -0.642. The van der Waals surface area contributed by atoms with E-state index in [1.165, 1.54) is 7.05 Å². The van der Waals surface area contributed by atoms with Crippen molar-refractivity contribution in [2.24, 2.45) is 11.8 Å². The molecule has 0 bridgehead atoms. The molecule has 2 aliphatic rings. The fourth-order valence-electron chi connectivity index (χ4n) is 2.41. The molecule has 2 fully saturated rings. The molecule has 2 saturated heterocycles. The summed E-state index contributed by atoms with van der Waals surface area (Å²) < 4.78 is 0. The summed E-state index contributed by atoms with van der Waals surface area (Å²) in [5.41, 5.74) is 0. The molecule has 0 unspecified atom stereocenters. The highest BCUT2D eigenvalue weighted by Crippen LogP contribution is 2.33. The highest BCUT2D eigenvalue weighted by molar-refractivity contribution is 6.05. The molecule has 0 radical (unpaired) electrons. The summed E-state index contributed by atoms with van der Waals surface area (Å²) in [6.45, 7) is 2.31. The van der Waals surface area contributed by atoms with Crippen LogP contribution in [-0.2, 0) is 14.4 Å². The molecule has 2 rings (SSSR count). The Bertz CT molecular complexity index is 344. The average Bonchev–Trinajstić information content (AvgIpc) is 2.75. The van der Waals surface area contributed by atoms with E-state index < -0.39 is 12.0 Å². The van der Waals surface area contributed by atoms with Gasteiger partial charge in [0.05, 0.1) is 11.8 Å². The number of aliphatic carboxylic acids is 1. The Morgan fingerprint density at radius 1 is 1.31 bits per heavy atom. The molecule has 0 saturated carbocycles. The lowest BCUT2D eigenvalue weighted by Gasteiger charge is -2.21. The zero-order valence-corrected chi connectivity index (χ0v) is 9.21. The second kappa shape index (κ2) is 3.55. The number of imide groups is 1. The van der Waals surface area contributed by atoms with Crippen LogP contribution in [0.1, 0.15) is 6.92 Å². The standard InChI is InChI=1S/C10H14N2O4/c1-5(10(15)16)12-3-6-7(4-12)9(14)11(2)8(6)13/h5-7H,3-4H2,1-2H3,(H,15,16)/t5-,6-,7-/m1/s1. The molecule has 0 aromatic heterocycles. The van der Waals surface area contributed by atoms with Crippen molar-refractivity contribution in [3.63, 3.8) is 0 Å². The van der Waals surface area contributed by atoms with Crippen LogP contribution in [0.2, 0.25) is 0 Å². The van der Waals surface area contributed by atoms with E-state index in [4.69, 9.17) is 5.11 Å². The summed E-state index contributed by atoms with van der Waals surface area (Å²) in [5.74, 6) is -1.99. The van der Waals surface area contributed by atoms with Gasteiger partial charge in [0.25, 0.3) is 0 Å². The van der Waals surface area contributed by atoms with Gasteiger partial charge in [0.1, 0.15) is 6.04 Å². The quantitative estimate of drug-likeness (QED) is 0.611. The predicted molar refractivity (Wildman–Crippen MR) is 53.4 cm³/mol. The second-order valence-electron chi connectivity index (χ2n) is 4.42. The molecule has 0 aromatic rings. The van der Waals surface area contributed by atoms with Crippen LogP contribution in [0.3, 0.4) is 0 Å². The molecule has 2 heterocycles. The normalized spacial score (nSPS) is 32.0. The van der Waals surface area contributed by atoms with Gasteiger partial charge < -0.3 is 5.11 Å². The third kappa shape index (κ3) is 1.41. The Morgan fingerprint density at radius 3 is 2.12 bits per heavy atom. The fourth-order valence-corrected chi connectivity index (χ4v) is 2.41. The summed E-state index contributed by atoms with van der Waals surface area (Å²) in [4.78, 5) is 37.0. The Balaban J connectivity index is 2.13. The van der Waals surface area contributed by atoms with Gasteiger partial charge >= 0.3 is 5.97 Å². The SMILES string of the molecule is C[C@H](C(=O)O)N1C[C@H]2C(=O)N(C)C(=O)[C@@H]2C1. The summed E-state index contributed by atoms with van der Waals surface area (Å²) in [6.07, 6.45) is 0. The van der Waals surface area contributed by atoms with Gasteiger partial charge in [0.2, 0.25) is 11.8 Å². The van der Waals surface area contributed by atoms with Crippen molar-refractivity contribution in [1.82, 2.24) is 9.80 Å². The molecule has 0 aliphatic carbocycles. The minimum Gasteiger partial charge on any atom is -0.480 e. The van der Waals surface area contributed by atoms with Crippen LogP contribution in [0.25, 0.3) is 0 Å². The Morgan fingerprint density at radius 2 is 1.75 bits per heavy atom. The average molecular weight is 226 g/mol. The van der Waals surface area contributed by atoms with Gasteiger partial charge in [0.15, 0.2) is 0 Å². The van der Waals surface area contributed by atoms with Crippen molar-refractivity contribution in [2.75, 3.05) is 20.1 Å². The molecule has 0 aromatic carbocycles. The van der Waals surface area contributed by atoms with Gasteiger partial charge in [-0.2, -0.15) is 0 Å². The number of hydrogen-bond acceptors (Lipinski definition) is 4. The van der Waals surface area contributed by atoms with Crippen LogP contribution in [0.5, 0.6) is 0 Å². The minimum absolute atomic E-state index is 0.185. The van der Waals surface area contributed by atoms with Gasteiger partial charge in [-0.1, -0.05) is 0 Å². The number of carbonyl (C=O) groups is 3. The van der Waals surface area contributed by atoms with E-state index in [1.807, 2.05) is 0 Å². The van der Waals surface area contributed by atoms with Crippen LogP contribution >= 0.6 is 0 Å². The van der Waals surface area contributed by atoms with E-state index in [-0.39, 0.29) is 23.7 Å². The number of carboxylic acids is 1. The summed E-state index contributed by atoms with van der Waals surface area (Å²) in [7, 11) is 1.48. The molecule has 0 spiro atoms. The topological polar surface area (TPSA) is 77.9 Å². The third-order valence-electron chi connectivity index (χ3n) is 3.55. The van der Waals surface area contributed by atoms with Gasteiger partial charge in [-0.25, -0.2) is 0 Å². The summed E-state index contributed by atoms with van der Waals surface area (Å²) in [5, 5.41) is 8.87. The Hall–Kier alpha value is -1.43. The van der Waals surface area contributed by atoms with Crippen molar-refractivity contribution in [3.8, 4) is 0 Å². The van der Waals surface area contributed by atoms with Crippen LogP contribution < -0.4 is 0 Å². The number of carboxylic acid groups (broad SMARTS) is 1. The lowest BCUT2D eigenvalue weighted by atomic mass is 10.00.